The van der Waals surface area contributed by atoms with E-state index < -0.39 is 0 Å². The summed E-state index contributed by atoms with van der Waals surface area (Å²) in [5.41, 5.74) is 3.63. The Bertz CT molecular complexity index is 1610. The van der Waals surface area contributed by atoms with Crippen molar-refractivity contribution in [2.24, 2.45) is 0 Å². The van der Waals surface area contributed by atoms with Crippen LogP contribution in [0.1, 0.15) is 30.2 Å². The number of carbonyl (C=O) groups is 1. The Labute approximate surface area is 220 Å². The lowest BCUT2D eigenvalue weighted by molar-refractivity contribution is -0.116. The van der Waals surface area contributed by atoms with E-state index in [1.807, 2.05) is 91.2 Å². The second-order valence-corrected chi connectivity index (χ2v) is 8.96. The van der Waals surface area contributed by atoms with Crippen molar-refractivity contribution in [1.29, 1.82) is 0 Å². The number of benzene rings is 3. The van der Waals surface area contributed by atoms with E-state index in [9.17, 15) is 9.59 Å². The third-order valence-corrected chi connectivity index (χ3v) is 6.39. The van der Waals surface area contributed by atoms with Gasteiger partial charge in [-0.3, -0.25) is 9.59 Å². The molecule has 0 unspecified atom stereocenters. The molecule has 2 heterocycles. The second kappa shape index (κ2) is 11.1. The smallest absolute Gasteiger partial charge is 0.279 e. The zero-order chi connectivity index (χ0) is 26.5. The van der Waals surface area contributed by atoms with Gasteiger partial charge in [-0.05, 0) is 50.1 Å². The average molecular weight is 508 g/mol. The van der Waals surface area contributed by atoms with Gasteiger partial charge in [0.2, 0.25) is 11.7 Å². The van der Waals surface area contributed by atoms with Gasteiger partial charge in [0.15, 0.2) is 5.82 Å². The number of hydrogen-bond donors (Lipinski definition) is 1. The number of hydrogen-bond acceptors (Lipinski definition) is 5. The molecular weight excluding hydrogens is 478 g/mol. The van der Waals surface area contributed by atoms with Crippen molar-refractivity contribution in [3.8, 4) is 17.1 Å². The molecule has 0 bridgehead atoms. The van der Waals surface area contributed by atoms with Gasteiger partial charge in [0.1, 0.15) is 5.75 Å². The topological polar surface area (TPSA) is 90.5 Å². The number of amides is 1. The fourth-order valence-corrected chi connectivity index (χ4v) is 4.43. The van der Waals surface area contributed by atoms with Crippen LogP contribution in [0.2, 0.25) is 0 Å². The van der Waals surface area contributed by atoms with Crippen LogP contribution < -0.4 is 15.6 Å². The van der Waals surface area contributed by atoms with Gasteiger partial charge in [-0.15, -0.1) is 5.10 Å². The lowest BCUT2D eigenvalue weighted by Crippen LogP contribution is -2.27. The number of nitrogens with zero attached hydrogens (tertiary/aromatic N) is 4. The molecule has 3 aromatic carbocycles. The minimum absolute atomic E-state index is 0.153. The van der Waals surface area contributed by atoms with Gasteiger partial charge in [0.25, 0.3) is 5.56 Å². The molecule has 0 saturated heterocycles. The fourth-order valence-electron chi connectivity index (χ4n) is 4.43. The molecule has 192 valence electrons. The van der Waals surface area contributed by atoms with E-state index in [4.69, 9.17) is 9.72 Å². The Morgan fingerprint density at radius 1 is 0.947 bits per heavy atom. The molecule has 0 radical (unpaired) electrons. The molecule has 2 aromatic heterocycles. The summed E-state index contributed by atoms with van der Waals surface area (Å²) in [6.07, 6.45) is 0.430. The number of anilines is 1. The number of carbonyl (C=O) groups excluding carboxylic acids is 1. The van der Waals surface area contributed by atoms with Crippen LogP contribution in [0.15, 0.2) is 89.7 Å². The van der Waals surface area contributed by atoms with Crippen LogP contribution in [0.5, 0.6) is 5.75 Å². The zero-order valence-corrected chi connectivity index (χ0v) is 21.4. The summed E-state index contributed by atoms with van der Waals surface area (Å²) in [7, 11) is 0. The molecule has 0 aliphatic rings. The zero-order valence-electron chi connectivity index (χ0n) is 21.4. The highest BCUT2D eigenvalue weighted by molar-refractivity contribution is 5.90. The molecule has 1 amide bonds. The molecule has 5 rings (SSSR count). The molecule has 38 heavy (non-hydrogen) atoms. The second-order valence-electron chi connectivity index (χ2n) is 8.96. The summed E-state index contributed by atoms with van der Waals surface area (Å²) >= 11 is 0. The van der Waals surface area contributed by atoms with Crippen LogP contribution in [-0.2, 0) is 17.8 Å². The molecule has 0 aliphatic carbocycles. The highest BCUT2D eigenvalue weighted by Gasteiger charge is 2.19. The van der Waals surface area contributed by atoms with E-state index in [2.05, 4.69) is 10.4 Å². The van der Waals surface area contributed by atoms with Crippen molar-refractivity contribution < 1.29 is 9.53 Å². The Kier molecular flexibility index (Phi) is 7.31. The maximum Gasteiger partial charge on any atom is 0.279 e. The van der Waals surface area contributed by atoms with E-state index in [1.165, 1.54) is 4.52 Å². The summed E-state index contributed by atoms with van der Waals surface area (Å²) in [6, 6.07) is 26.8. The first-order valence-corrected chi connectivity index (χ1v) is 12.6. The molecule has 0 saturated carbocycles. The van der Waals surface area contributed by atoms with Crippen molar-refractivity contribution in [1.82, 2.24) is 19.2 Å². The molecule has 8 heteroatoms. The number of fused-ring (bicyclic) bond motifs is 1. The van der Waals surface area contributed by atoms with Crippen LogP contribution in [0.25, 0.3) is 17.2 Å². The molecule has 0 fully saturated rings. The average Bonchev–Trinajstić information content (AvgIpc) is 3.39. The standard InChI is InChI=1S/C30H29N5O3/c1-3-38-25-16-14-24(15-17-25)31-27(36)19-18-26-21(2)34(20-22-10-6-4-7-11-22)30-32-28(33-35(30)29(26)37)23-12-8-5-9-13-23/h4-17H,3,18-20H2,1-2H3,(H,31,36). The predicted octanol–water partition coefficient (Wildman–Crippen LogP) is 4.88. The maximum absolute atomic E-state index is 13.6. The fraction of sp³-hybridized carbons (Fsp3) is 0.200. The van der Waals surface area contributed by atoms with Crippen molar-refractivity contribution >= 4 is 17.4 Å². The Balaban J connectivity index is 1.46. The number of ether oxygens (including phenoxy) is 1. The highest BCUT2D eigenvalue weighted by Crippen LogP contribution is 2.19. The van der Waals surface area contributed by atoms with Crippen molar-refractivity contribution in [2.45, 2.75) is 33.2 Å². The van der Waals surface area contributed by atoms with Crippen molar-refractivity contribution in [3.63, 3.8) is 0 Å². The third kappa shape index (κ3) is 5.34. The van der Waals surface area contributed by atoms with Gasteiger partial charge in [-0.2, -0.15) is 9.50 Å². The largest absolute Gasteiger partial charge is 0.494 e. The minimum Gasteiger partial charge on any atom is -0.494 e. The summed E-state index contributed by atoms with van der Waals surface area (Å²) < 4.78 is 8.81. The SMILES string of the molecule is CCOc1ccc(NC(=O)CCc2c(C)n(Cc3ccccc3)c3nc(-c4ccccc4)nn3c2=O)cc1. The predicted molar refractivity (Wildman–Crippen MR) is 148 cm³/mol. The van der Waals surface area contributed by atoms with E-state index in [1.54, 1.807) is 12.1 Å². The lowest BCUT2D eigenvalue weighted by Gasteiger charge is -2.15. The molecule has 1 N–H and O–H groups in total. The van der Waals surface area contributed by atoms with Gasteiger partial charge in [0, 0.05) is 28.9 Å². The minimum atomic E-state index is -0.259. The van der Waals surface area contributed by atoms with E-state index in [0.29, 0.717) is 36.0 Å². The van der Waals surface area contributed by atoms with E-state index in [-0.39, 0.29) is 24.3 Å². The van der Waals surface area contributed by atoms with Gasteiger partial charge in [-0.25, -0.2) is 0 Å². The van der Waals surface area contributed by atoms with Crippen molar-refractivity contribution in [2.75, 3.05) is 11.9 Å². The van der Waals surface area contributed by atoms with E-state index >= 15 is 0 Å². The Morgan fingerprint density at radius 2 is 1.63 bits per heavy atom. The first-order chi connectivity index (χ1) is 18.5. The first-order valence-electron chi connectivity index (χ1n) is 12.6. The lowest BCUT2D eigenvalue weighted by atomic mass is 10.1. The first kappa shape index (κ1) is 25.0. The third-order valence-electron chi connectivity index (χ3n) is 6.39. The van der Waals surface area contributed by atoms with Gasteiger partial charge < -0.3 is 14.6 Å². The monoisotopic (exact) mass is 507 g/mol. The number of rotatable bonds is 9. The van der Waals surface area contributed by atoms with E-state index in [0.717, 1.165) is 22.6 Å². The normalized spacial score (nSPS) is 11.0. The van der Waals surface area contributed by atoms with Crippen LogP contribution in [0.3, 0.4) is 0 Å². The molecular formula is C30H29N5O3. The summed E-state index contributed by atoms with van der Waals surface area (Å²) in [5, 5.41) is 7.46. The number of nitrogens with one attached hydrogen (secondary N) is 1. The van der Waals surface area contributed by atoms with Crippen LogP contribution in [0.4, 0.5) is 5.69 Å². The summed E-state index contributed by atoms with van der Waals surface area (Å²) in [6.45, 7) is 4.93. The van der Waals surface area contributed by atoms with Crippen molar-refractivity contribution in [3.05, 3.63) is 112 Å². The van der Waals surface area contributed by atoms with Gasteiger partial charge in [0.05, 0.1) is 13.2 Å². The molecule has 0 atom stereocenters. The highest BCUT2D eigenvalue weighted by atomic mass is 16.5. The Hall–Kier alpha value is -4.72. The Morgan fingerprint density at radius 3 is 2.32 bits per heavy atom. The molecule has 8 nitrogen and oxygen atoms in total. The molecule has 0 aliphatic heterocycles. The molecule has 5 aromatic rings. The summed E-state index contributed by atoms with van der Waals surface area (Å²) in [4.78, 5) is 31.1. The van der Waals surface area contributed by atoms with Gasteiger partial charge in [-0.1, -0.05) is 60.7 Å². The number of aromatic nitrogens is 4. The van der Waals surface area contributed by atoms with Crippen LogP contribution in [-0.4, -0.2) is 31.7 Å². The van der Waals surface area contributed by atoms with Crippen LogP contribution in [0, 0.1) is 6.92 Å². The van der Waals surface area contributed by atoms with Crippen LogP contribution >= 0.6 is 0 Å². The summed E-state index contributed by atoms with van der Waals surface area (Å²) in [5.74, 6) is 1.52. The maximum atomic E-state index is 13.6. The van der Waals surface area contributed by atoms with Gasteiger partial charge >= 0.3 is 0 Å². The molecule has 0 spiro atoms. The quantitative estimate of drug-likeness (QED) is 0.307.